The Kier molecular flexibility index (Phi) is 3.73. The molecular weight excluding hydrogens is 264 g/mol. The van der Waals surface area contributed by atoms with Crippen molar-refractivity contribution in [1.29, 1.82) is 0 Å². The Bertz CT molecular complexity index is 727. The average molecular weight is 276 g/mol. The van der Waals surface area contributed by atoms with Gasteiger partial charge in [-0.15, -0.1) is 0 Å². The molecule has 0 aliphatic carbocycles. The predicted molar refractivity (Wildman–Crippen MR) is 77.5 cm³/mol. The quantitative estimate of drug-likeness (QED) is 0.684. The maximum Gasteiger partial charge on any atom is 0.187 e. The zero-order valence-corrected chi connectivity index (χ0v) is 11.2. The molecule has 0 spiro atoms. The first-order chi connectivity index (χ1) is 10.3. The van der Waals surface area contributed by atoms with Gasteiger partial charge in [0.2, 0.25) is 0 Å². The van der Waals surface area contributed by atoms with Gasteiger partial charge in [-0.25, -0.2) is 0 Å². The van der Waals surface area contributed by atoms with E-state index in [0.717, 1.165) is 5.69 Å². The molecule has 3 aromatic heterocycles. The van der Waals surface area contributed by atoms with E-state index in [4.69, 9.17) is 0 Å². The van der Waals surface area contributed by atoms with Gasteiger partial charge in [0, 0.05) is 18.6 Å². The van der Waals surface area contributed by atoms with Crippen LogP contribution in [0.1, 0.15) is 16.2 Å². The zero-order valence-electron chi connectivity index (χ0n) is 11.2. The fourth-order valence-corrected chi connectivity index (χ4v) is 1.88. The fraction of sp³-hybridized carbons (Fsp3) is 0.0625. The Hall–Kier alpha value is -2.95. The van der Waals surface area contributed by atoms with Crippen LogP contribution >= 0.6 is 0 Å². The van der Waals surface area contributed by atoms with Crippen LogP contribution in [0.4, 0.5) is 0 Å². The van der Waals surface area contributed by atoms with E-state index in [2.05, 4.69) is 19.9 Å². The number of carbonyl (C=O) groups excluding carboxylic acids is 1. The molecule has 0 radical (unpaired) electrons. The molecule has 21 heavy (non-hydrogen) atoms. The maximum absolute atomic E-state index is 12.0. The highest BCUT2D eigenvalue weighted by molar-refractivity contribution is 5.95. The van der Waals surface area contributed by atoms with Crippen LogP contribution in [0.2, 0.25) is 0 Å². The van der Waals surface area contributed by atoms with Crippen molar-refractivity contribution >= 4 is 5.78 Å². The number of pyridine rings is 2. The third-order valence-corrected chi connectivity index (χ3v) is 2.92. The topological polar surface area (TPSA) is 68.6 Å². The summed E-state index contributed by atoms with van der Waals surface area (Å²) in [5, 5.41) is 0. The van der Waals surface area contributed by atoms with E-state index >= 15 is 0 Å². The monoisotopic (exact) mass is 276 g/mol. The zero-order chi connectivity index (χ0) is 14.5. The van der Waals surface area contributed by atoms with Crippen LogP contribution in [0.3, 0.4) is 0 Å². The molecule has 102 valence electrons. The molecule has 0 aliphatic rings. The molecule has 0 aromatic carbocycles. The van der Waals surface area contributed by atoms with Gasteiger partial charge in [-0.1, -0.05) is 12.1 Å². The first-order valence-electron chi connectivity index (χ1n) is 6.49. The van der Waals surface area contributed by atoms with Crippen molar-refractivity contribution < 1.29 is 4.79 Å². The molecule has 3 rings (SSSR count). The van der Waals surface area contributed by atoms with E-state index in [1.54, 1.807) is 43.0 Å². The highest BCUT2D eigenvalue weighted by Gasteiger charge is 2.09. The Morgan fingerprint density at radius 1 is 0.810 bits per heavy atom. The second kappa shape index (κ2) is 6.00. The smallest absolute Gasteiger partial charge is 0.187 e. The molecule has 0 aliphatic heterocycles. The lowest BCUT2D eigenvalue weighted by Gasteiger charge is -2.02. The summed E-state index contributed by atoms with van der Waals surface area (Å²) in [5.74, 6) is -0.0736. The highest BCUT2D eigenvalue weighted by Crippen LogP contribution is 2.12. The van der Waals surface area contributed by atoms with Crippen LogP contribution in [0, 0.1) is 0 Å². The molecule has 0 bridgehead atoms. The normalized spacial score (nSPS) is 10.3. The first-order valence-corrected chi connectivity index (χ1v) is 6.49. The number of carbonyl (C=O) groups is 1. The summed E-state index contributed by atoms with van der Waals surface area (Å²) in [7, 11) is 0. The number of aromatic nitrogens is 4. The van der Waals surface area contributed by atoms with Gasteiger partial charge in [-0.3, -0.25) is 24.7 Å². The van der Waals surface area contributed by atoms with Crippen LogP contribution in [0.25, 0.3) is 11.4 Å². The predicted octanol–water partition coefficient (Wildman–Crippen LogP) is 2.36. The average Bonchev–Trinajstić information content (AvgIpc) is 2.57. The Morgan fingerprint density at radius 2 is 1.62 bits per heavy atom. The third-order valence-electron chi connectivity index (χ3n) is 2.92. The fourth-order valence-electron chi connectivity index (χ4n) is 1.88. The molecule has 3 aromatic rings. The lowest BCUT2D eigenvalue weighted by atomic mass is 10.1. The van der Waals surface area contributed by atoms with Gasteiger partial charge < -0.3 is 0 Å². The van der Waals surface area contributed by atoms with Gasteiger partial charge in [0.15, 0.2) is 5.78 Å². The molecule has 0 atom stereocenters. The summed E-state index contributed by atoms with van der Waals surface area (Å²) in [4.78, 5) is 28.8. The van der Waals surface area contributed by atoms with Gasteiger partial charge in [0.05, 0.1) is 24.0 Å². The summed E-state index contributed by atoms with van der Waals surface area (Å²) in [6.07, 6.45) is 6.72. The van der Waals surface area contributed by atoms with Gasteiger partial charge in [-0.05, 0) is 24.3 Å². The van der Waals surface area contributed by atoms with E-state index in [-0.39, 0.29) is 12.2 Å². The standard InChI is InChI=1S/C16H12N4O/c21-16(14-6-2-4-8-18-14)9-12-10-20-15(11-19-12)13-5-1-3-7-17-13/h1-8,10-11H,9H2. The van der Waals surface area contributed by atoms with Crippen molar-refractivity contribution in [2.75, 3.05) is 0 Å². The molecule has 5 heteroatoms. The number of Topliss-reactive ketones (excluding diaryl/α,β-unsaturated/α-hetero) is 1. The summed E-state index contributed by atoms with van der Waals surface area (Å²) in [5.41, 5.74) is 2.50. The number of ketones is 1. The summed E-state index contributed by atoms with van der Waals surface area (Å²) in [6, 6.07) is 10.9. The number of hydrogen-bond donors (Lipinski definition) is 0. The SMILES string of the molecule is O=C(Cc1cnc(-c2ccccn2)cn1)c1ccccn1. The highest BCUT2D eigenvalue weighted by atomic mass is 16.1. The Morgan fingerprint density at radius 3 is 2.24 bits per heavy atom. The van der Waals surface area contributed by atoms with Crippen LogP contribution in [-0.2, 0) is 6.42 Å². The van der Waals surface area contributed by atoms with E-state index in [0.29, 0.717) is 17.1 Å². The number of rotatable bonds is 4. The lowest BCUT2D eigenvalue weighted by Crippen LogP contribution is -2.07. The van der Waals surface area contributed by atoms with Crippen molar-refractivity contribution in [3.8, 4) is 11.4 Å². The van der Waals surface area contributed by atoms with Gasteiger partial charge in [-0.2, -0.15) is 0 Å². The summed E-state index contributed by atoms with van der Waals surface area (Å²) < 4.78 is 0. The van der Waals surface area contributed by atoms with E-state index in [1.807, 2.05) is 18.2 Å². The first kappa shape index (κ1) is 13.1. The molecule has 3 heterocycles. The van der Waals surface area contributed by atoms with Crippen molar-refractivity contribution in [3.63, 3.8) is 0 Å². The Labute approximate surface area is 121 Å². The van der Waals surface area contributed by atoms with Crippen molar-refractivity contribution in [2.45, 2.75) is 6.42 Å². The van der Waals surface area contributed by atoms with Gasteiger partial charge >= 0.3 is 0 Å². The van der Waals surface area contributed by atoms with Crippen LogP contribution < -0.4 is 0 Å². The summed E-state index contributed by atoms with van der Waals surface area (Å²) >= 11 is 0. The minimum absolute atomic E-state index is 0.0736. The summed E-state index contributed by atoms with van der Waals surface area (Å²) in [6.45, 7) is 0. The van der Waals surface area contributed by atoms with Crippen LogP contribution in [0.15, 0.2) is 61.2 Å². The molecule has 0 amide bonds. The molecule has 0 fully saturated rings. The molecule has 5 nitrogen and oxygen atoms in total. The van der Waals surface area contributed by atoms with Crippen molar-refractivity contribution in [1.82, 2.24) is 19.9 Å². The third kappa shape index (κ3) is 3.14. The second-order valence-electron chi connectivity index (χ2n) is 4.42. The molecule has 0 N–H and O–H groups in total. The number of nitrogens with zero attached hydrogens (tertiary/aromatic N) is 4. The van der Waals surface area contributed by atoms with Crippen LogP contribution in [-0.4, -0.2) is 25.7 Å². The number of hydrogen-bond acceptors (Lipinski definition) is 5. The van der Waals surface area contributed by atoms with Crippen molar-refractivity contribution in [2.24, 2.45) is 0 Å². The van der Waals surface area contributed by atoms with E-state index in [9.17, 15) is 4.79 Å². The van der Waals surface area contributed by atoms with Crippen molar-refractivity contribution in [3.05, 3.63) is 72.6 Å². The molecule has 0 saturated carbocycles. The molecular formula is C16H12N4O. The maximum atomic E-state index is 12.0. The lowest BCUT2D eigenvalue weighted by molar-refractivity contribution is 0.0987. The molecule has 0 saturated heterocycles. The minimum atomic E-state index is -0.0736. The van der Waals surface area contributed by atoms with E-state index < -0.39 is 0 Å². The van der Waals surface area contributed by atoms with Crippen LogP contribution in [0.5, 0.6) is 0 Å². The largest absolute Gasteiger partial charge is 0.292 e. The van der Waals surface area contributed by atoms with Gasteiger partial charge in [0.1, 0.15) is 11.4 Å². The Balaban J connectivity index is 1.75. The van der Waals surface area contributed by atoms with E-state index in [1.165, 1.54) is 0 Å². The minimum Gasteiger partial charge on any atom is -0.292 e. The van der Waals surface area contributed by atoms with Gasteiger partial charge in [0.25, 0.3) is 0 Å². The molecule has 0 unspecified atom stereocenters. The second-order valence-corrected chi connectivity index (χ2v) is 4.42.